The van der Waals surface area contributed by atoms with Gasteiger partial charge >= 0.3 is 0 Å². The van der Waals surface area contributed by atoms with Gasteiger partial charge in [0, 0.05) is 0 Å². The Labute approximate surface area is 108 Å². The smallest absolute Gasteiger partial charge is 0.0651 e. The summed E-state index contributed by atoms with van der Waals surface area (Å²) in [6, 6.07) is 12.4. The topological polar surface area (TPSA) is 0 Å². The second-order valence-electron chi connectivity index (χ2n) is 6.24. The Kier molecular flexibility index (Phi) is 5.00. The van der Waals surface area contributed by atoms with Gasteiger partial charge in [0.25, 0.3) is 0 Å². The normalized spacial score (nSPS) is 12.8. The maximum atomic E-state index is 2.44. The van der Waals surface area contributed by atoms with Crippen LogP contribution in [0, 0.1) is 0 Å². The van der Waals surface area contributed by atoms with Gasteiger partial charge in [-0.3, -0.25) is 0 Å². The van der Waals surface area contributed by atoms with E-state index >= 15 is 0 Å². The van der Waals surface area contributed by atoms with Crippen molar-refractivity contribution in [3.63, 3.8) is 0 Å². The van der Waals surface area contributed by atoms with Crippen molar-refractivity contribution in [3.8, 4) is 0 Å². The van der Waals surface area contributed by atoms with Crippen LogP contribution in [0.3, 0.4) is 0 Å². The maximum absolute atomic E-state index is 2.44. The molecular formula is C16H28Si. The molecule has 0 fully saturated rings. The lowest BCUT2D eigenvalue weighted by Gasteiger charge is -2.43. The number of hydrogen-bond acceptors (Lipinski definition) is 0. The molecule has 1 heteroatoms. The van der Waals surface area contributed by atoms with E-state index < -0.39 is 8.07 Å². The third-order valence-corrected chi connectivity index (χ3v) is 12.0. The molecule has 0 aliphatic rings. The Morgan fingerprint density at radius 1 is 0.765 bits per heavy atom. The molecular weight excluding hydrogens is 220 g/mol. The molecule has 0 aliphatic carbocycles. The van der Waals surface area contributed by atoms with E-state index in [2.05, 4.69) is 71.9 Å². The van der Waals surface area contributed by atoms with Crippen LogP contribution in [0.15, 0.2) is 30.3 Å². The van der Waals surface area contributed by atoms with Crippen molar-refractivity contribution in [2.24, 2.45) is 0 Å². The van der Waals surface area contributed by atoms with E-state index in [9.17, 15) is 0 Å². The van der Waals surface area contributed by atoms with E-state index in [1.807, 2.05) is 0 Å². The summed E-state index contributed by atoms with van der Waals surface area (Å²) in [7, 11) is -1.27. The van der Waals surface area contributed by atoms with Crippen LogP contribution >= 0.6 is 0 Å². The fraction of sp³-hybridized carbons (Fsp3) is 0.625. The standard InChI is InChI=1S/C16H28Si/c1-13(2)17(14(3)4,15(5)6)12-16-10-8-7-9-11-16/h7-11,13-15H,12H2,1-6H3. The van der Waals surface area contributed by atoms with Crippen molar-refractivity contribution in [2.75, 3.05) is 0 Å². The molecule has 1 aromatic rings. The minimum absolute atomic E-state index is 0.850. The first-order valence-electron chi connectivity index (χ1n) is 6.95. The molecule has 1 rings (SSSR count). The lowest BCUT2D eigenvalue weighted by atomic mass is 10.2. The summed E-state index contributed by atoms with van der Waals surface area (Å²) in [6.07, 6.45) is 0. The van der Waals surface area contributed by atoms with Crippen LogP contribution in [0.25, 0.3) is 0 Å². The van der Waals surface area contributed by atoms with E-state index in [-0.39, 0.29) is 0 Å². The van der Waals surface area contributed by atoms with Crippen molar-refractivity contribution in [2.45, 2.75) is 64.2 Å². The van der Waals surface area contributed by atoms with Crippen molar-refractivity contribution >= 4 is 8.07 Å². The zero-order valence-electron chi connectivity index (χ0n) is 12.3. The van der Waals surface area contributed by atoms with Crippen LogP contribution in [0.2, 0.25) is 16.6 Å². The fourth-order valence-electron chi connectivity index (χ4n) is 3.56. The van der Waals surface area contributed by atoms with Gasteiger partial charge in [-0.2, -0.15) is 0 Å². The molecule has 0 aliphatic heterocycles. The van der Waals surface area contributed by atoms with Crippen molar-refractivity contribution in [1.82, 2.24) is 0 Å². The quantitative estimate of drug-likeness (QED) is 0.608. The molecule has 0 nitrogen and oxygen atoms in total. The van der Waals surface area contributed by atoms with Gasteiger partial charge < -0.3 is 0 Å². The zero-order valence-corrected chi connectivity index (χ0v) is 13.3. The summed E-state index contributed by atoms with van der Waals surface area (Å²) in [4.78, 5) is 0. The minimum Gasteiger partial charge on any atom is -0.0651 e. The number of hydrogen-bond donors (Lipinski definition) is 0. The molecule has 0 bridgehead atoms. The van der Waals surface area contributed by atoms with Crippen LogP contribution in [0.4, 0.5) is 0 Å². The van der Waals surface area contributed by atoms with Gasteiger partial charge in [0.15, 0.2) is 0 Å². The van der Waals surface area contributed by atoms with E-state index in [4.69, 9.17) is 0 Å². The molecule has 0 aromatic heterocycles. The van der Waals surface area contributed by atoms with Gasteiger partial charge in [0.2, 0.25) is 0 Å². The summed E-state index contributed by atoms with van der Waals surface area (Å²) in [6.45, 7) is 14.6. The average molecular weight is 248 g/mol. The maximum Gasteiger partial charge on any atom is 0.0656 e. The molecule has 0 unspecified atom stereocenters. The Balaban J connectivity index is 3.07. The van der Waals surface area contributed by atoms with Gasteiger partial charge in [-0.25, -0.2) is 0 Å². The predicted octanol–water partition coefficient (Wildman–Crippen LogP) is 5.45. The molecule has 0 atom stereocenters. The second kappa shape index (κ2) is 5.86. The molecule has 17 heavy (non-hydrogen) atoms. The molecule has 0 N–H and O–H groups in total. The van der Waals surface area contributed by atoms with Crippen LogP contribution in [-0.2, 0) is 6.04 Å². The largest absolute Gasteiger partial charge is 0.0656 e. The molecule has 0 heterocycles. The molecule has 0 saturated heterocycles. The average Bonchev–Trinajstić information content (AvgIpc) is 2.25. The van der Waals surface area contributed by atoms with Crippen LogP contribution in [0.5, 0.6) is 0 Å². The van der Waals surface area contributed by atoms with E-state index in [0.717, 1.165) is 16.6 Å². The highest BCUT2D eigenvalue weighted by atomic mass is 28.3. The highest BCUT2D eigenvalue weighted by Crippen LogP contribution is 2.43. The zero-order chi connectivity index (χ0) is 13.1. The molecule has 0 amide bonds. The van der Waals surface area contributed by atoms with Crippen LogP contribution < -0.4 is 0 Å². The fourth-order valence-corrected chi connectivity index (χ4v) is 9.73. The summed E-state index contributed by atoms with van der Waals surface area (Å²) >= 11 is 0. The Morgan fingerprint density at radius 2 is 1.18 bits per heavy atom. The van der Waals surface area contributed by atoms with Crippen LogP contribution in [-0.4, -0.2) is 8.07 Å². The summed E-state index contributed by atoms with van der Waals surface area (Å²) in [5.41, 5.74) is 4.09. The summed E-state index contributed by atoms with van der Waals surface area (Å²) < 4.78 is 0. The van der Waals surface area contributed by atoms with Crippen LogP contribution in [0.1, 0.15) is 47.1 Å². The first kappa shape index (κ1) is 14.5. The highest BCUT2D eigenvalue weighted by molar-refractivity contribution is 6.83. The highest BCUT2D eigenvalue weighted by Gasteiger charge is 2.42. The van der Waals surface area contributed by atoms with Crippen molar-refractivity contribution in [1.29, 1.82) is 0 Å². The minimum atomic E-state index is -1.27. The van der Waals surface area contributed by atoms with E-state index in [0.29, 0.717) is 0 Å². The summed E-state index contributed by atoms with van der Waals surface area (Å²) in [5, 5.41) is 0. The molecule has 1 aromatic carbocycles. The molecule has 96 valence electrons. The van der Waals surface area contributed by atoms with Gasteiger partial charge in [-0.15, -0.1) is 0 Å². The van der Waals surface area contributed by atoms with E-state index in [1.165, 1.54) is 11.6 Å². The lowest BCUT2D eigenvalue weighted by molar-refractivity contribution is 0.797. The Morgan fingerprint density at radius 3 is 1.53 bits per heavy atom. The number of benzene rings is 1. The predicted molar refractivity (Wildman–Crippen MR) is 81.2 cm³/mol. The van der Waals surface area contributed by atoms with Crippen molar-refractivity contribution < 1.29 is 0 Å². The third kappa shape index (κ3) is 3.01. The Bertz CT molecular complexity index is 303. The number of rotatable bonds is 5. The summed E-state index contributed by atoms with van der Waals surface area (Å²) in [5.74, 6) is 0. The monoisotopic (exact) mass is 248 g/mol. The lowest BCUT2D eigenvalue weighted by Crippen LogP contribution is -2.47. The van der Waals surface area contributed by atoms with Gasteiger partial charge in [0.05, 0.1) is 8.07 Å². The Hall–Kier alpha value is -0.563. The molecule has 0 radical (unpaired) electrons. The molecule has 0 spiro atoms. The first-order valence-corrected chi connectivity index (χ1v) is 9.39. The van der Waals surface area contributed by atoms with E-state index in [1.54, 1.807) is 0 Å². The van der Waals surface area contributed by atoms with Crippen molar-refractivity contribution in [3.05, 3.63) is 35.9 Å². The van der Waals surface area contributed by atoms with Gasteiger partial charge in [-0.05, 0) is 6.04 Å². The first-order chi connectivity index (χ1) is 7.91. The molecule has 0 saturated carbocycles. The SMILES string of the molecule is CC(C)[Si](Cc1ccccc1)(C(C)C)C(C)C. The third-order valence-electron chi connectivity index (χ3n) is 4.58. The van der Waals surface area contributed by atoms with Gasteiger partial charge in [-0.1, -0.05) is 94.1 Å². The second-order valence-corrected chi connectivity index (χ2v) is 12.3. The van der Waals surface area contributed by atoms with Gasteiger partial charge in [0.1, 0.15) is 0 Å².